The molecule has 0 radical (unpaired) electrons. The molecule has 1 fully saturated rings. The van der Waals surface area contributed by atoms with Crippen LogP contribution < -0.4 is 22.1 Å². The van der Waals surface area contributed by atoms with Gasteiger partial charge in [-0.25, -0.2) is 0 Å². The second-order valence-corrected chi connectivity index (χ2v) is 11.1. The summed E-state index contributed by atoms with van der Waals surface area (Å²) in [7, 11) is 0. The first-order chi connectivity index (χ1) is 21.5. The van der Waals surface area contributed by atoms with Crippen LogP contribution in [0.15, 0.2) is 120 Å². The molecule has 1 heterocycles. The number of carbonyl (C=O) groups is 2. The maximum absolute atomic E-state index is 14.2. The summed E-state index contributed by atoms with van der Waals surface area (Å²) >= 11 is 0. The van der Waals surface area contributed by atoms with E-state index in [1.807, 2.05) is 95.9 Å². The smallest absolute Gasteiger partial charge is 0.251 e. The molecule has 226 valence electrons. The van der Waals surface area contributed by atoms with Crippen LogP contribution in [0.1, 0.15) is 46.8 Å². The van der Waals surface area contributed by atoms with E-state index in [1.165, 1.54) is 0 Å². The first-order valence-electron chi connectivity index (χ1n) is 15.1. The first-order valence-corrected chi connectivity index (χ1v) is 15.1. The van der Waals surface area contributed by atoms with Crippen molar-refractivity contribution in [3.63, 3.8) is 0 Å². The van der Waals surface area contributed by atoms with Crippen LogP contribution in [0.5, 0.6) is 0 Å². The van der Waals surface area contributed by atoms with Gasteiger partial charge in [0.15, 0.2) is 5.96 Å². The molecule has 0 saturated carbocycles. The fraction of sp³-hybridized carbons (Fsp3) is 0.250. The van der Waals surface area contributed by atoms with Gasteiger partial charge in [-0.2, -0.15) is 0 Å². The minimum Gasteiger partial charge on any atom is -0.370 e. The number of nitrogens with zero attached hydrogens (tertiary/aromatic N) is 2. The van der Waals surface area contributed by atoms with Crippen molar-refractivity contribution in [2.75, 3.05) is 19.6 Å². The third kappa shape index (κ3) is 7.90. The Morgan fingerprint density at radius 2 is 1.41 bits per heavy atom. The maximum Gasteiger partial charge on any atom is 0.251 e. The highest BCUT2D eigenvalue weighted by atomic mass is 16.2. The third-order valence-corrected chi connectivity index (χ3v) is 7.99. The van der Waals surface area contributed by atoms with Crippen molar-refractivity contribution in [2.24, 2.45) is 16.5 Å². The summed E-state index contributed by atoms with van der Waals surface area (Å²) in [4.78, 5) is 33.4. The molecule has 0 unspecified atom stereocenters. The summed E-state index contributed by atoms with van der Waals surface area (Å²) in [5.74, 6) is -0.0790. The molecule has 1 saturated heterocycles. The van der Waals surface area contributed by atoms with Crippen molar-refractivity contribution in [3.8, 4) is 11.1 Å². The highest BCUT2D eigenvalue weighted by Crippen LogP contribution is 2.31. The van der Waals surface area contributed by atoms with Gasteiger partial charge < -0.3 is 27.0 Å². The van der Waals surface area contributed by atoms with E-state index >= 15 is 0 Å². The zero-order valence-electron chi connectivity index (χ0n) is 24.8. The van der Waals surface area contributed by atoms with E-state index in [1.54, 1.807) is 0 Å². The van der Waals surface area contributed by atoms with Crippen molar-refractivity contribution in [1.82, 2.24) is 15.5 Å². The third-order valence-electron chi connectivity index (χ3n) is 7.99. The molecule has 0 spiro atoms. The van der Waals surface area contributed by atoms with Gasteiger partial charge in [0.1, 0.15) is 0 Å². The van der Waals surface area contributed by atoms with Gasteiger partial charge in [-0.3, -0.25) is 14.6 Å². The summed E-state index contributed by atoms with van der Waals surface area (Å²) < 4.78 is 0. The van der Waals surface area contributed by atoms with Crippen molar-refractivity contribution in [3.05, 3.63) is 132 Å². The van der Waals surface area contributed by atoms with Crippen LogP contribution in [0.25, 0.3) is 11.1 Å². The minimum absolute atomic E-state index is 0.0257. The van der Waals surface area contributed by atoms with Crippen molar-refractivity contribution in [1.29, 1.82) is 0 Å². The Bertz CT molecular complexity index is 1480. The van der Waals surface area contributed by atoms with Crippen LogP contribution in [-0.4, -0.2) is 54.4 Å². The number of hydrogen-bond donors (Lipinski definition) is 4. The molecular weight excluding hydrogens is 548 g/mol. The lowest BCUT2D eigenvalue weighted by molar-refractivity contribution is -0.134. The van der Waals surface area contributed by atoms with E-state index in [2.05, 4.69) is 39.9 Å². The largest absolute Gasteiger partial charge is 0.370 e. The number of carbonyl (C=O) groups excluding carboxylic acids is 2. The lowest BCUT2D eigenvalue weighted by Gasteiger charge is -2.33. The fourth-order valence-corrected chi connectivity index (χ4v) is 5.76. The summed E-state index contributed by atoms with van der Waals surface area (Å²) in [6.45, 7) is 1.37. The average molecular weight is 589 g/mol. The summed E-state index contributed by atoms with van der Waals surface area (Å²) in [5.41, 5.74) is 15.9. The second kappa shape index (κ2) is 15.0. The van der Waals surface area contributed by atoms with Gasteiger partial charge in [0.25, 0.3) is 5.91 Å². The van der Waals surface area contributed by atoms with E-state index in [4.69, 9.17) is 11.5 Å². The number of rotatable bonds is 11. The number of benzene rings is 4. The van der Waals surface area contributed by atoms with Gasteiger partial charge in [-0.05, 0) is 53.6 Å². The molecular formula is C36H40N6O2. The standard InChI is InChI=1S/C36H40N6O2/c37-36(38)39-23-10-17-32-35(44)42(33(28-13-6-2-7-14-28)29-15-8-3-9-16-29)24-22-31(41-32)25-40-34(43)30-20-18-27(19-21-30)26-11-4-1-5-12-26/h1-9,11-16,18-21,31-33,41H,10,17,22-25H2,(H,40,43)(H4,37,38,39)/t31-,32-/m1/s1. The molecule has 2 atom stereocenters. The first kappa shape index (κ1) is 30.5. The van der Waals surface area contributed by atoms with Gasteiger partial charge in [0.2, 0.25) is 5.91 Å². The van der Waals surface area contributed by atoms with Crippen LogP contribution in [0, 0.1) is 0 Å². The maximum atomic E-state index is 14.2. The van der Waals surface area contributed by atoms with Crippen LogP contribution in [0.3, 0.4) is 0 Å². The quantitative estimate of drug-likeness (QED) is 0.117. The lowest BCUT2D eigenvalue weighted by atomic mass is 9.96. The summed E-state index contributed by atoms with van der Waals surface area (Å²) in [5, 5.41) is 6.66. The van der Waals surface area contributed by atoms with E-state index in [-0.39, 0.29) is 29.9 Å². The molecule has 1 aliphatic rings. The van der Waals surface area contributed by atoms with E-state index in [9.17, 15) is 9.59 Å². The molecule has 0 aromatic heterocycles. The molecule has 4 aromatic carbocycles. The Kier molecular flexibility index (Phi) is 10.4. The van der Waals surface area contributed by atoms with Crippen molar-refractivity contribution >= 4 is 17.8 Å². The number of nitrogens with two attached hydrogens (primary N) is 2. The Balaban J connectivity index is 1.32. The van der Waals surface area contributed by atoms with Gasteiger partial charge in [0, 0.05) is 31.2 Å². The molecule has 4 aromatic rings. The molecule has 8 heteroatoms. The molecule has 0 aliphatic carbocycles. The molecule has 2 amide bonds. The molecule has 1 aliphatic heterocycles. The summed E-state index contributed by atoms with van der Waals surface area (Å²) in [6.07, 6.45) is 1.89. The topological polar surface area (TPSA) is 126 Å². The average Bonchev–Trinajstić information content (AvgIpc) is 3.22. The second-order valence-electron chi connectivity index (χ2n) is 11.1. The van der Waals surface area contributed by atoms with Crippen LogP contribution >= 0.6 is 0 Å². The number of amides is 2. The van der Waals surface area contributed by atoms with E-state index in [0.717, 1.165) is 22.3 Å². The SMILES string of the molecule is NC(N)=NCCC[C@H]1N[C@@H](CNC(=O)c2ccc(-c3ccccc3)cc2)CCN(C(c2ccccc2)c2ccccc2)C1=O. The number of guanidine groups is 1. The Hall–Kier alpha value is -4.95. The Morgan fingerprint density at radius 3 is 2.00 bits per heavy atom. The molecule has 5 rings (SSSR count). The van der Waals surface area contributed by atoms with Gasteiger partial charge in [0.05, 0.1) is 12.1 Å². The van der Waals surface area contributed by atoms with Crippen LogP contribution in [0.2, 0.25) is 0 Å². The molecule has 0 bridgehead atoms. The normalized spacial score (nSPS) is 16.8. The van der Waals surface area contributed by atoms with Crippen molar-refractivity contribution < 1.29 is 9.59 Å². The zero-order chi connectivity index (χ0) is 30.7. The fourth-order valence-electron chi connectivity index (χ4n) is 5.76. The summed E-state index contributed by atoms with van der Waals surface area (Å²) in [6, 6.07) is 37.2. The monoisotopic (exact) mass is 588 g/mol. The van der Waals surface area contributed by atoms with Crippen molar-refractivity contribution in [2.45, 2.75) is 37.4 Å². The number of nitrogens with one attached hydrogen (secondary N) is 2. The predicted octanol–water partition coefficient (Wildman–Crippen LogP) is 4.49. The highest BCUT2D eigenvalue weighted by molar-refractivity contribution is 5.94. The Morgan fingerprint density at radius 1 is 0.841 bits per heavy atom. The van der Waals surface area contributed by atoms with E-state index in [0.29, 0.717) is 44.5 Å². The molecule has 8 nitrogen and oxygen atoms in total. The highest BCUT2D eigenvalue weighted by Gasteiger charge is 2.35. The van der Waals surface area contributed by atoms with Gasteiger partial charge in [-0.1, -0.05) is 103 Å². The molecule has 44 heavy (non-hydrogen) atoms. The Labute approximate surface area is 259 Å². The minimum atomic E-state index is -0.450. The predicted molar refractivity (Wildman–Crippen MR) is 176 cm³/mol. The zero-order valence-corrected chi connectivity index (χ0v) is 24.8. The molecule has 6 N–H and O–H groups in total. The van der Waals surface area contributed by atoms with Crippen LogP contribution in [-0.2, 0) is 4.79 Å². The number of hydrogen-bond acceptors (Lipinski definition) is 4. The van der Waals surface area contributed by atoms with Gasteiger partial charge in [-0.15, -0.1) is 0 Å². The van der Waals surface area contributed by atoms with Gasteiger partial charge >= 0.3 is 0 Å². The number of aliphatic imine (C=N–C) groups is 1. The van der Waals surface area contributed by atoms with E-state index < -0.39 is 6.04 Å². The lowest BCUT2D eigenvalue weighted by Crippen LogP contribution is -2.49. The van der Waals surface area contributed by atoms with Crippen LogP contribution in [0.4, 0.5) is 0 Å².